The minimum Gasteiger partial charge on any atom is -0.497 e. The molecule has 0 aromatic heterocycles. The molecule has 1 unspecified atom stereocenters. The van der Waals surface area contributed by atoms with E-state index in [9.17, 15) is 0 Å². The highest BCUT2D eigenvalue weighted by atomic mass is 16.5. The second-order valence-electron chi connectivity index (χ2n) is 7.26. The molecule has 1 N–H and O–H groups in total. The van der Waals surface area contributed by atoms with Crippen molar-refractivity contribution >= 4 is 0 Å². The molecule has 136 valence electrons. The summed E-state index contributed by atoms with van der Waals surface area (Å²) in [4.78, 5) is 0. The summed E-state index contributed by atoms with van der Waals surface area (Å²) in [6.07, 6.45) is 7.94. The molecule has 2 rings (SSSR count). The van der Waals surface area contributed by atoms with Crippen molar-refractivity contribution in [3.05, 3.63) is 29.8 Å². The fraction of sp³-hybridized carbons (Fsp3) is 0.714. The quantitative estimate of drug-likeness (QED) is 0.603. The van der Waals surface area contributed by atoms with E-state index >= 15 is 0 Å². The standard InChI is InChI=1S/C21H35NO2/c1-4-24-16-15-22-14-11-18(2)17-21(12-5-6-13-21)19-7-9-20(23-3)10-8-19/h7-10,18,22H,4-6,11-17H2,1-3H3. The lowest BCUT2D eigenvalue weighted by Crippen LogP contribution is -2.27. The summed E-state index contributed by atoms with van der Waals surface area (Å²) in [7, 11) is 1.74. The van der Waals surface area contributed by atoms with Gasteiger partial charge in [-0.15, -0.1) is 0 Å². The van der Waals surface area contributed by atoms with Gasteiger partial charge in [0.05, 0.1) is 13.7 Å². The summed E-state index contributed by atoms with van der Waals surface area (Å²) in [6.45, 7) is 8.14. The van der Waals surface area contributed by atoms with Gasteiger partial charge >= 0.3 is 0 Å². The van der Waals surface area contributed by atoms with Gasteiger partial charge in [0.15, 0.2) is 0 Å². The number of ether oxygens (including phenoxy) is 2. The predicted molar refractivity (Wildman–Crippen MR) is 101 cm³/mol. The zero-order valence-electron chi connectivity index (χ0n) is 15.8. The molecule has 1 saturated carbocycles. The van der Waals surface area contributed by atoms with Crippen LogP contribution in [-0.4, -0.2) is 33.4 Å². The molecule has 0 radical (unpaired) electrons. The first-order valence-electron chi connectivity index (χ1n) is 9.63. The second kappa shape index (κ2) is 10.0. The second-order valence-corrected chi connectivity index (χ2v) is 7.26. The van der Waals surface area contributed by atoms with E-state index in [2.05, 4.69) is 36.5 Å². The highest BCUT2D eigenvalue weighted by Crippen LogP contribution is 2.46. The summed E-state index contributed by atoms with van der Waals surface area (Å²) in [5.74, 6) is 1.70. The molecule has 3 nitrogen and oxygen atoms in total. The minimum atomic E-state index is 0.386. The Morgan fingerprint density at radius 1 is 1.12 bits per heavy atom. The van der Waals surface area contributed by atoms with Gasteiger partial charge in [0, 0.05) is 13.2 Å². The smallest absolute Gasteiger partial charge is 0.118 e. The average molecular weight is 334 g/mol. The largest absolute Gasteiger partial charge is 0.497 e. The van der Waals surface area contributed by atoms with Crippen molar-refractivity contribution in [2.24, 2.45) is 5.92 Å². The van der Waals surface area contributed by atoms with Gasteiger partial charge in [-0.3, -0.25) is 0 Å². The summed E-state index contributed by atoms with van der Waals surface area (Å²) >= 11 is 0. The van der Waals surface area contributed by atoms with Crippen LogP contribution in [0.1, 0.15) is 57.9 Å². The topological polar surface area (TPSA) is 30.5 Å². The van der Waals surface area contributed by atoms with E-state index in [-0.39, 0.29) is 0 Å². The van der Waals surface area contributed by atoms with Crippen LogP contribution in [0.5, 0.6) is 5.75 Å². The van der Waals surface area contributed by atoms with Crippen molar-refractivity contribution in [2.45, 2.75) is 57.8 Å². The molecular formula is C21H35NO2. The number of rotatable bonds is 11. The minimum absolute atomic E-state index is 0.386. The number of benzene rings is 1. The molecular weight excluding hydrogens is 298 g/mol. The van der Waals surface area contributed by atoms with Crippen LogP contribution in [0.15, 0.2) is 24.3 Å². The lowest BCUT2D eigenvalue weighted by Gasteiger charge is -2.33. The van der Waals surface area contributed by atoms with Crippen LogP contribution >= 0.6 is 0 Å². The molecule has 1 aromatic rings. The average Bonchev–Trinajstić information content (AvgIpc) is 3.07. The van der Waals surface area contributed by atoms with Gasteiger partial charge in [-0.25, -0.2) is 0 Å². The maximum Gasteiger partial charge on any atom is 0.118 e. The van der Waals surface area contributed by atoms with Crippen molar-refractivity contribution in [1.82, 2.24) is 5.32 Å². The molecule has 0 spiro atoms. The molecule has 0 saturated heterocycles. The van der Waals surface area contributed by atoms with Gasteiger partial charge in [-0.05, 0) is 68.2 Å². The van der Waals surface area contributed by atoms with Gasteiger partial charge in [0.2, 0.25) is 0 Å². The van der Waals surface area contributed by atoms with E-state index in [1.807, 2.05) is 6.92 Å². The number of hydrogen-bond acceptors (Lipinski definition) is 3. The number of nitrogens with one attached hydrogen (secondary N) is 1. The van der Waals surface area contributed by atoms with Crippen LogP contribution in [0.4, 0.5) is 0 Å². The van der Waals surface area contributed by atoms with Crippen molar-refractivity contribution in [3.8, 4) is 5.75 Å². The molecule has 0 amide bonds. The van der Waals surface area contributed by atoms with E-state index in [0.717, 1.165) is 38.0 Å². The SMILES string of the molecule is CCOCCNCCC(C)CC1(c2ccc(OC)cc2)CCCC1. The Morgan fingerprint density at radius 2 is 1.83 bits per heavy atom. The van der Waals surface area contributed by atoms with Crippen LogP contribution in [0.3, 0.4) is 0 Å². The van der Waals surface area contributed by atoms with Crippen LogP contribution in [0.25, 0.3) is 0 Å². The van der Waals surface area contributed by atoms with E-state index in [0.29, 0.717) is 5.41 Å². The molecule has 1 fully saturated rings. The van der Waals surface area contributed by atoms with Crippen LogP contribution in [0.2, 0.25) is 0 Å². The Hall–Kier alpha value is -1.06. The van der Waals surface area contributed by atoms with E-state index in [1.54, 1.807) is 7.11 Å². The molecule has 24 heavy (non-hydrogen) atoms. The third kappa shape index (κ3) is 5.49. The Kier molecular flexibility index (Phi) is 8.07. The number of methoxy groups -OCH3 is 1. The lowest BCUT2D eigenvalue weighted by molar-refractivity contribution is 0.149. The lowest BCUT2D eigenvalue weighted by atomic mass is 9.72. The predicted octanol–water partition coefficient (Wildman–Crippen LogP) is 4.55. The maximum absolute atomic E-state index is 5.37. The molecule has 1 aliphatic rings. The molecule has 0 heterocycles. The fourth-order valence-electron chi connectivity index (χ4n) is 4.14. The third-order valence-corrected chi connectivity index (χ3v) is 5.44. The summed E-state index contributed by atoms with van der Waals surface area (Å²) in [6, 6.07) is 8.82. The monoisotopic (exact) mass is 333 g/mol. The number of hydrogen-bond donors (Lipinski definition) is 1. The van der Waals surface area contributed by atoms with Crippen LogP contribution in [-0.2, 0) is 10.2 Å². The Bertz CT molecular complexity index is 451. The van der Waals surface area contributed by atoms with Crippen LogP contribution < -0.4 is 10.1 Å². The Morgan fingerprint density at radius 3 is 2.46 bits per heavy atom. The van der Waals surface area contributed by atoms with E-state index in [1.165, 1.54) is 44.1 Å². The Balaban J connectivity index is 1.85. The first-order valence-corrected chi connectivity index (χ1v) is 9.63. The maximum atomic E-state index is 5.37. The molecule has 0 bridgehead atoms. The molecule has 0 aliphatic heterocycles. The van der Waals surface area contributed by atoms with Gasteiger partial charge in [-0.1, -0.05) is 31.9 Å². The molecule has 1 aromatic carbocycles. The van der Waals surface area contributed by atoms with Gasteiger partial charge in [0.25, 0.3) is 0 Å². The molecule has 3 heteroatoms. The summed E-state index contributed by atoms with van der Waals surface area (Å²) < 4.78 is 10.7. The molecule has 1 aliphatic carbocycles. The molecule has 1 atom stereocenters. The summed E-state index contributed by atoms with van der Waals surface area (Å²) in [5, 5.41) is 3.50. The van der Waals surface area contributed by atoms with E-state index < -0.39 is 0 Å². The zero-order chi connectivity index (χ0) is 17.3. The van der Waals surface area contributed by atoms with Gasteiger partial charge in [0.1, 0.15) is 5.75 Å². The first kappa shape index (κ1) is 19.3. The highest BCUT2D eigenvalue weighted by molar-refractivity contribution is 5.33. The van der Waals surface area contributed by atoms with Gasteiger partial charge < -0.3 is 14.8 Å². The third-order valence-electron chi connectivity index (χ3n) is 5.44. The highest BCUT2D eigenvalue weighted by Gasteiger charge is 2.36. The van der Waals surface area contributed by atoms with Crippen molar-refractivity contribution in [3.63, 3.8) is 0 Å². The van der Waals surface area contributed by atoms with E-state index in [4.69, 9.17) is 9.47 Å². The normalized spacial score (nSPS) is 17.8. The Labute approximate surface area is 148 Å². The van der Waals surface area contributed by atoms with Crippen molar-refractivity contribution in [1.29, 1.82) is 0 Å². The van der Waals surface area contributed by atoms with Gasteiger partial charge in [-0.2, -0.15) is 0 Å². The van der Waals surface area contributed by atoms with Crippen molar-refractivity contribution in [2.75, 3.05) is 33.4 Å². The van der Waals surface area contributed by atoms with Crippen molar-refractivity contribution < 1.29 is 9.47 Å². The van der Waals surface area contributed by atoms with Crippen LogP contribution in [0, 0.1) is 5.92 Å². The first-order chi connectivity index (χ1) is 11.7. The summed E-state index contributed by atoms with van der Waals surface area (Å²) in [5.41, 5.74) is 1.90. The fourth-order valence-corrected chi connectivity index (χ4v) is 4.14. The zero-order valence-corrected chi connectivity index (χ0v) is 15.8.